The van der Waals surface area contributed by atoms with E-state index in [2.05, 4.69) is 20.9 Å². The van der Waals surface area contributed by atoms with Crippen molar-refractivity contribution in [3.8, 4) is 5.75 Å². The molecule has 0 fully saturated rings. The Balaban J connectivity index is 1.57. The van der Waals surface area contributed by atoms with E-state index in [9.17, 15) is 4.79 Å². The van der Waals surface area contributed by atoms with Crippen LogP contribution in [0.4, 0.5) is 5.69 Å². The lowest BCUT2D eigenvalue weighted by Gasteiger charge is -2.31. The predicted molar refractivity (Wildman–Crippen MR) is 174 cm³/mol. The molecule has 0 spiro atoms. The average Bonchev–Trinajstić information content (AvgIpc) is 3.48. The number of aliphatic hydroxyl groups excluding tert-OH is 1. The molecule has 0 saturated heterocycles. The zero-order valence-corrected chi connectivity index (χ0v) is 24.6. The van der Waals surface area contributed by atoms with Crippen LogP contribution in [-0.4, -0.2) is 35.7 Å². The molecule has 5 rings (SSSR count). The maximum Gasteiger partial charge on any atom is 0.270 e. The van der Waals surface area contributed by atoms with Crippen molar-refractivity contribution in [3.05, 3.63) is 148 Å². The summed E-state index contributed by atoms with van der Waals surface area (Å²) >= 11 is 0. The van der Waals surface area contributed by atoms with E-state index in [4.69, 9.17) is 25.1 Å². The standard InChI is InChI=1S/C35H34N6O4/c36-41-37-25-28-14-7-8-17-31(28)32-35(22-9-13-26-11-3-1-4-12-26,34(43)40-39-29-15-5-2-6-16-29)38-33(45-32)27-18-20-30(21-19-27)44-24-10-23-42/h1-9,11-21,32,39,42H,10,22-25H2,(H,40,43)/b13-9+/t32-,35-/m0/s1. The summed E-state index contributed by atoms with van der Waals surface area (Å²) in [6.07, 6.45) is 3.76. The van der Waals surface area contributed by atoms with Crippen molar-refractivity contribution in [1.29, 1.82) is 0 Å². The number of amides is 1. The normalized spacial score (nSPS) is 17.2. The van der Waals surface area contributed by atoms with E-state index in [1.54, 1.807) is 12.1 Å². The third kappa shape index (κ3) is 7.69. The fourth-order valence-corrected chi connectivity index (χ4v) is 5.03. The summed E-state index contributed by atoms with van der Waals surface area (Å²) in [5, 5.41) is 12.9. The molecule has 4 aromatic carbocycles. The number of hydrogen-bond acceptors (Lipinski definition) is 7. The van der Waals surface area contributed by atoms with Gasteiger partial charge in [0.1, 0.15) is 5.75 Å². The molecular weight excluding hydrogens is 568 g/mol. The Morgan fingerprint density at radius 2 is 1.71 bits per heavy atom. The van der Waals surface area contributed by atoms with Gasteiger partial charge in [0, 0.05) is 29.9 Å². The summed E-state index contributed by atoms with van der Waals surface area (Å²) in [4.78, 5) is 22.3. The lowest BCUT2D eigenvalue weighted by atomic mass is 9.82. The van der Waals surface area contributed by atoms with Crippen LogP contribution >= 0.6 is 0 Å². The number of benzene rings is 4. The second-order valence-corrected chi connectivity index (χ2v) is 10.3. The number of para-hydroxylation sites is 1. The number of hydrogen-bond donors (Lipinski definition) is 3. The minimum absolute atomic E-state index is 0.0489. The third-order valence-electron chi connectivity index (χ3n) is 7.30. The number of hydrazine groups is 1. The Hall–Kier alpha value is -5.57. The number of rotatable bonds is 14. The monoisotopic (exact) mass is 602 g/mol. The largest absolute Gasteiger partial charge is 0.494 e. The Bertz CT molecular complexity index is 1670. The number of anilines is 1. The molecule has 0 radical (unpaired) electrons. The quantitative estimate of drug-likeness (QED) is 0.0481. The zero-order valence-electron chi connectivity index (χ0n) is 24.6. The zero-order chi connectivity index (χ0) is 31.3. The number of carbonyl (C=O) groups excluding carboxylic acids is 1. The number of azide groups is 1. The molecule has 10 heteroatoms. The molecule has 4 aromatic rings. The molecule has 10 nitrogen and oxygen atoms in total. The van der Waals surface area contributed by atoms with Gasteiger partial charge in [0.05, 0.1) is 18.8 Å². The van der Waals surface area contributed by atoms with Crippen LogP contribution in [0.2, 0.25) is 0 Å². The van der Waals surface area contributed by atoms with E-state index < -0.39 is 17.6 Å². The minimum Gasteiger partial charge on any atom is -0.494 e. The SMILES string of the molecule is [N-]=[N+]=NCc1ccccc1[C@@H]1OC(c2ccc(OCCCO)cc2)=N[C@]1(C/C=C/c1ccccc1)C(=O)NNc1ccccc1. The minimum atomic E-state index is -1.44. The van der Waals surface area contributed by atoms with Gasteiger partial charge in [0.25, 0.3) is 5.91 Å². The van der Waals surface area contributed by atoms with Gasteiger partial charge in [-0.25, -0.2) is 4.99 Å². The van der Waals surface area contributed by atoms with Crippen molar-refractivity contribution in [2.45, 2.75) is 31.0 Å². The van der Waals surface area contributed by atoms with Gasteiger partial charge in [-0.2, -0.15) is 0 Å². The molecule has 0 bridgehead atoms. The molecule has 0 aliphatic carbocycles. The van der Waals surface area contributed by atoms with Crippen LogP contribution in [0.25, 0.3) is 16.5 Å². The van der Waals surface area contributed by atoms with Gasteiger partial charge < -0.3 is 14.6 Å². The number of ether oxygens (including phenoxy) is 2. The van der Waals surface area contributed by atoms with E-state index in [1.165, 1.54) is 0 Å². The van der Waals surface area contributed by atoms with Gasteiger partial charge in [-0.1, -0.05) is 90.1 Å². The molecular formula is C35H34N6O4. The van der Waals surface area contributed by atoms with E-state index in [-0.39, 0.29) is 19.6 Å². The fourth-order valence-electron chi connectivity index (χ4n) is 5.03. The van der Waals surface area contributed by atoms with Crippen molar-refractivity contribution in [1.82, 2.24) is 5.43 Å². The summed E-state index contributed by atoms with van der Waals surface area (Å²) in [5.74, 6) is 0.541. The van der Waals surface area contributed by atoms with Crippen molar-refractivity contribution < 1.29 is 19.4 Å². The maximum atomic E-state index is 14.4. The molecule has 0 saturated carbocycles. The van der Waals surface area contributed by atoms with E-state index >= 15 is 0 Å². The highest BCUT2D eigenvalue weighted by Crippen LogP contribution is 2.44. The van der Waals surface area contributed by atoms with Crippen LogP contribution in [0.5, 0.6) is 5.75 Å². The maximum absolute atomic E-state index is 14.4. The molecule has 45 heavy (non-hydrogen) atoms. The summed E-state index contributed by atoms with van der Waals surface area (Å²) in [7, 11) is 0. The highest BCUT2D eigenvalue weighted by Gasteiger charge is 2.53. The Morgan fingerprint density at radius 3 is 2.44 bits per heavy atom. The highest BCUT2D eigenvalue weighted by molar-refractivity contribution is 6.01. The van der Waals surface area contributed by atoms with Gasteiger partial charge in [0.2, 0.25) is 5.90 Å². The molecule has 1 aliphatic rings. The smallest absolute Gasteiger partial charge is 0.270 e. The van der Waals surface area contributed by atoms with Crippen molar-refractivity contribution in [2.75, 3.05) is 18.6 Å². The van der Waals surface area contributed by atoms with Gasteiger partial charge in [0.15, 0.2) is 11.6 Å². The lowest BCUT2D eigenvalue weighted by molar-refractivity contribution is -0.128. The topological polar surface area (TPSA) is 141 Å². The lowest BCUT2D eigenvalue weighted by Crippen LogP contribution is -2.50. The predicted octanol–water partition coefficient (Wildman–Crippen LogP) is 6.76. The van der Waals surface area contributed by atoms with Gasteiger partial charge in [-0.15, -0.1) is 0 Å². The van der Waals surface area contributed by atoms with Crippen LogP contribution in [0, 0.1) is 0 Å². The summed E-state index contributed by atoms with van der Waals surface area (Å²) in [6.45, 7) is 0.525. The molecule has 0 unspecified atom stereocenters. The average molecular weight is 603 g/mol. The van der Waals surface area contributed by atoms with E-state index in [0.29, 0.717) is 41.5 Å². The van der Waals surface area contributed by atoms with E-state index in [1.807, 2.05) is 109 Å². The third-order valence-corrected chi connectivity index (χ3v) is 7.30. The second-order valence-electron chi connectivity index (χ2n) is 10.3. The van der Waals surface area contributed by atoms with E-state index in [0.717, 1.165) is 11.1 Å². The first-order chi connectivity index (χ1) is 22.1. The Kier molecular flexibility index (Phi) is 10.5. The first-order valence-electron chi connectivity index (χ1n) is 14.7. The van der Waals surface area contributed by atoms with Gasteiger partial charge in [-0.3, -0.25) is 15.6 Å². The second kappa shape index (κ2) is 15.2. The number of nitrogens with one attached hydrogen (secondary N) is 2. The molecule has 0 aromatic heterocycles. The van der Waals surface area contributed by atoms with Crippen molar-refractivity contribution in [2.24, 2.45) is 10.1 Å². The van der Waals surface area contributed by atoms with Crippen LogP contribution in [-0.2, 0) is 16.1 Å². The number of aliphatic hydroxyl groups is 1. The molecule has 228 valence electrons. The Labute approximate surface area is 261 Å². The van der Waals surface area contributed by atoms with Crippen LogP contribution in [0.3, 0.4) is 0 Å². The van der Waals surface area contributed by atoms with Crippen molar-refractivity contribution >= 4 is 23.6 Å². The summed E-state index contributed by atoms with van der Waals surface area (Å²) in [6, 6.07) is 33.8. The molecule has 2 atom stereocenters. The van der Waals surface area contributed by atoms with Gasteiger partial charge >= 0.3 is 0 Å². The summed E-state index contributed by atoms with van der Waals surface area (Å²) in [5.41, 5.74) is 17.3. The summed E-state index contributed by atoms with van der Waals surface area (Å²) < 4.78 is 12.3. The first-order valence-corrected chi connectivity index (χ1v) is 14.7. The van der Waals surface area contributed by atoms with Crippen LogP contribution < -0.4 is 15.6 Å². The molecule has 1 amide bonds. The van der Waals surface area contributed by atoms with Crippen molar-refractivity contribution in [3.63, 3.8) is 0 Å². The first kappa shape index (κ1) is 30.9. The molecule has 1 heterocycles. The number of carbonyl (C=O) groups is 1. The van der Waals surface area contributed by atoms with Gasteiger partial charge in [-0.05, 0) is 58.6 Å². The molecule has 3 N–H and O–H groups in total. The van der Waals surface area contributed by atoms with Crippen LogP contribution in [0.15, 0.2) is 125 Å². The number of nitrogens with zero attached hydrogens (tertiary/aromatic N) is 4. The van der Waals surface area contributed by atoms with Crippen LogP contribution in [0.1, 0.15) is 41.2 Å². The number of aliphatic imine (C=N–C) groups is 1. The molecule has 1 aliphatic heterocycles. The Morgan fingerprint density at radius 1 is 1.00 bits per heavy atom. The highest BCUT2D eigenvalue weighted by atomic mass is 16.5. The fraction of sp³-hybridized carbons (Fsp3) is 0.200.